The Balaban J connectivity index is 1.49. The summed E-state index contributed by atoms with van der Waals surface area (Å²) in [7, 11) is 0. The molecule has 0 radical (unpaired) electrons. The summed E-state index contributed by atoms with van der Waals surface area (Å²) >= 11 is 1.75. The molecular weight excluding hydrogens is 330 g/mol. The Labute approximate surface area is 154 Å². The van der Waals surface area contributed by atoms with Gasteiger partial charge >= 0.3 is 0 Å². The first-order chi connectivity index (χ1) is 12.2. The third-order valence-corrected chi connectivity index (χ3v) is 5.88. The second-order valence-corrected chi connectivity index (χ2v) is 7.91. The summed E-state index contributed by atoms with van der Waals surface area (Å²) in [6, 6.07) is 10.4. The number of nitrogens with one attached hydrogen (secondary N) is 1. The van der Waals surface area contributed by atoms with E-state index >= 15 is 0 Å². The zero-order valence-electron chi connectivity index (χ0n) is 15.1. The third kappa shape index (κ3) is 4.67. The first-order valence-electron chi connectivity index (χ1n) is 9.18. The van der Waals surface area contributed by atoms with Crippen molar-refractivity contribution in [3.8, 4) is 0 Å². The van der Waals surface area contributed by atoms with Gasteiger partial charge < -0.3 is 5.32 Å². The first kappa shape index (κ1) is 18.1. The minimum Gasteiger partial charge on any atom is -0.354 e. The standard InChI is InChI=1S/C20H27N3OS/c1-3-17-15(2)25-19(22-17)11-12-21-20(24)18-10-7-13-23(18)14-16-8-5-4-6-9-16/h4-6,8-9,18H,3,7,10-14H2,1-2H3,(H,21,24)/t18-/m1/s1. The fourth-order valence-corrected chi connectivity index (χ4v) is 4.48. The first-order valence-corrected chi connectivity index (χ1v) is 10.00. The van der Waals surface area contributed by atoms with Crippen molar-refractivity contribution < 1.29 is 4.79 Å². The van der Waals surface area contributed by atoms with Crippen molar-refractivity contribution in [3.05, 3.63) is 51.5 Å². The highest BCUT2D eigenvalue weighted by Crippen LogP contribution is 2.21. The van der Waals surface area contributed by atoms with E-state index in [0.717, 1.165) is 43.8 Å². The number of carbonyl (C=O) groups excluding carboxylic acids is 1. The molecule has 0 spiro atoms. The van der Waals surface area contributed by atoms with Gasteiger partial charge in [-0.1, -0.05) is 37.3 Å². The van der Waals surface area contributed by atoms with Crippen LogP contribution in [-0.2, 0) is 24.2 Å². The average molecular weight is 358 g/mol. The van der Waals surface area contributed by atoms with Gasteiger partial charge in [-0.25, -0.2) is 4.98 Å². The molecule has 2 heterocycles. The Morgan fingerprint density at radius 2 is 2.16 bits per heavy atom. The molecule has 1 fully saturated rings. The molecule has 5 heteroatoms. The summed E-state index contributed by atoms with van der Waals surface area (Å²) < 4.78 is 0. The van der Waals surface area contributed by atoms with E-state index in [1.54, 1.807) is 11.3 Å². The molecular formula is C20H27N3OS. The summed E-state index contributed by atoms with van der Waals surface area (Å²) in [6.07, 6.45) is 3.85. The lowest BCUT2D eigenvalue weighted by molar-refractivity contribution is -0.125. The molecule has 1 aliphatic heterocycles. The van der Waals surface area contributed by atoms with E-state index in [0.29, 0.717) is 6.54 Å². The second-order valence-electron chi connectivity index (χ2n) is 6.62. The maximum Gasteiger partial charge on any atom is 0.237 e. The molecule has 25 heavy (non-hydrogen) atoms. The van der Waals surface area contributed by atoms with Crippen molar-refractivity contribution in [1.29, 1.82) is 0 Å². The molecule has 0 unspecified atom stereocenters. The number of amides is 1. The van der Waals surface area contributed by atoms with Gasteiger partial charge in [0.15, 0.2) is 0 Å². The molecule has 1 N–H and O–H groups in total. The number of thiazole rings is 1. The van der Waals surface area contributed by atoms with Crippen LogP contribution >= 0.6 is 11.3 Å². The summed E-state index contributed by atoms with van der Waals surface area (Å²) in [4.78, 5) is 20.8. The predicted molar refractivity (Wildman–Crippen MR) is 103 cm³/mol. The van der Waals surface area contributed by atoms with E-state index in [1.807, 2.05) is 6.07 Å². The summed E-state index contributed by atoms with van der Waals surface area (Å²) in [5, 5.41) is 4.25. The smallest absolute Gasteiger partial charge is 0.237 e. The van der Waals surface area contributed by atoms with Gasteiger partial charge in [0.05, 0.1) is 16.7 Å². The number of aryl methyl sites for hydroxylation is 2. The van der Waals surface area contributed by atoms with E-state index in [1.165, 1.54) is 16.1 Å². The summed E-state index contributed by atoms with van der Waals surface area (Å²) in [6.45, 7) is 6.78. The zero-order chi connectivity index (χ0) is 17.6. The van der Waals surface area contributed by atoms with Crippen LogP contribution in [0, 0.1) is 6.92 Å². The van der Waals surface area contributed by atoms with Crippen LogP contribution in [0.4, 0.5) is 0 Å². The van der Waals surface area contributed by atoms with E-state index in [9.17, 15) is 4.79 Å². The second kappa shape index (κ2) is 8.59. The van der Waals surface area contributed by atoms with Crippen LogP contribution < -0.4 is 5.32 Å². The number of aromatic nitrogens is 1. The molecule has 1 amide bonds. The number of hydrogen-bond acceptors (Lipinski definition) is 4. The van der Waals surface area contributed by atoms with E-state index in [-0.39, 0.29) is 11.9 Å². The Bertz CT molecular complexity index is 698. The fraction of sp³-hybridized carbons (Fsp3) is 0.500. The fourth-order valence-electron chi connectivity index (χ4n) is 3.46. The van der Waals surface area contributed by atoms with Gasteiger partial charge in [0, 0.05) is 24.4 Å². The number of hydrogen-bond donors (Lipinski definition) is 1. The van der Waals surface area contributed by atoms with Crippen molar-refractivity contribution in [1.82, 2.24) is 15.2 Å². The molecule has 134 valence electrons. The maximum atomic E-state index is 12.6. The molecule has 1 saturated heterocycles. The van der Waals surface area contributed by atoms with Crippen molar-refractivity contribution in [2.75, 3.05) is 13.1 Å². The lowest BCUT2D eigenvalue weighted by Crippen LogP contribution is -2.43. The number of benzene rings is 1. The lowest BCUT2D eigenvalue weighted by Gasteiger charge is -2.23. The molecule has 0 saturated carbocycles. The van der Waals surface area contributed by atoms with Crippen LogP contribution in [0.15, 0.2) is 30.3 Å². The quantitative estimate of drug-likeness (QED) is 0.827. The Morgan fingerprint density at radius 3 is 2.88 bits per heavy atom. The van der Waals surface area contributed by atoms with Gasteiger partial charge in [0.1, 0.15) is 0 Å². The van der Waals surface area contributed by atoms with Gasteiger partial charge in [0.2, 0.25) is 5.91 Å². The lowest BCUT2D eigenvalue weighted by atomic mass is 10.1. The van der Waals surface area contributed by atoms with E-state index in [2.05, 4.69) is 53.3 Å². The normalized spacial score (nSPS) is 17.8. The molecule has 1 aromatic carbocycles. The number of carbonyl (C=O) groups is 1. The van der Waals surface area contributed by atoms with Crippen LogP contribution in [0.25, 0.3) is 0 Å². The molecule has 4 nitrogen and oxygen atoms in total. The van der Waals surface area contributed by atoms with Crippen LogP contribution in [-0.4, -0.2) is 34.9 Å². The minimum atomic E-state index is 0.00411. The highest BCUT2D eigenvalue weighted by Gasteiger charge is 2.30. The van der Waals surface area contributed by atoms with Crippen molar-refractivity contribution in [3.63, 3.8) is 0 Å². The number of likely N-dealkylation sites (tertiary alicyclic amines) is 1. The van der Waals surface area contributed by atoms with E-state index in [4.69, 9.17) is 0 Å². The van der Waals surface area contributed by atoms with Gasteiger partial charge in [0.25, 0.3) is 0 Å². The monoisotopic (exact) mass is 357 g/mol. The van der Waals surface area contributed by atoms with Crippen molar-refractivity contribution in [2.45, 2.75) is 52.1 Å². The maximum absolute atomic E-state index is 12.6. The minimum absolute atomic E-state index is 0.00411. The van der Waals surface area contributed by atoms with E-state index < -0.39 is 0 Å². The van der Waals surface area contributed by atoms with Crippen molar-refractivity contribution >= 4 is 17.2 Å². The Hall–Kier alpha value is -1.72. The Kier molecular flexibility index (Phi) is 6.21. The molecule has 0 aliphatic carbocycles. The molecule has 0 bridgehead atoms. The average Bonchev–Trinajstić information content (AvgIpc) is 3.22. The molecule has 3 rings (SSSR count). The van der Waals surface area contributed by atoms with Gasteiger partial charge in [-0.3, -0.25) is 9.69 Å². The third-order valence-electron chi connectivity index (χ3n) is 4.80. The van der Waals surface area contributed by atoms with Gasteiger partial charge in [-0.05, 0) is 38.3 Å². The Morgan fingerprint density at radius 1 is 1.36 bits per heavy atom. The molecule has 2 aromatic rings. The predicted octanol–water partition coefficient (Wildman–Crippen LogP) is 3.34. The topological polar surface area (TPSA) is 45.2 Å². The summed E-state index contributed by atoms with van der Waals surface area (Å²) in [5.74, 6) is 0.164. The zero-order valence-corrected chi connectivity index (χ0v) is 15.9. The van der Waals surface area contributed by atoms with Gasteiger partial charge in [-0.2, -0.15) is 0 Å². The van der Waals surface area contributed by atoms with Crippen LogP contribution in [0.2, 0.25) is 0 Å². The molecule has 1 atom stereocenters. The highest BCUT2D eigenvalue weighted by molar-refractivity contribution is 7.11. The largest absolute Gasteiger partial charge is 0.354 e. The number of rotatable bonds is 7. The van der Waals surface area contributed by atoms with Gasteiger partial charge in [-0.15, -0.1) is 11.3 Å². The highest BCUT2D eigenvalue weighted by atomic mass is 32.1. The number of nitrogens with zero attached hydrogens (tertiary/aromatic N) is 2. The van der Waals surface area contributed by atoms with Crippen molar-refractivity contribution in [2.24, 2.45) is 0 Å². The SMILES string of the molecule is CCc1nc(CCNC(=O)[C@H]2CCCN2Cc2ccccc2)sc1C. The molecule has 1 aliphatic rings. The van der Waals surface area contributed by atoms with Crippen LogP contribution in [0.3, 0.4) is 0 Å². The van der Waals surface area contributed by atoms with Crippen LogP contribution in [0.5, 0.6) is 0 Å². The summed E-state index contributed by atoms with van der Waals surface area (Å²) in [5.41, 5.74) is 2.46. The van der Waals surface area contributed by atoms with Crippen LogP contribution in [0.1, 0.15) is 40.9 Å². The molecule has 1 aromatic heterocycles.